The van der Waals surface area contributed by atoms with E-state index < -0.39 is 4.92 Å². The zero-order valence-electron chi connectivity index (χ0n) is 8.37. The molecule has 0 heterocycles. The highest BCUT2D eigenvalue weighted by atomic mass is 35.5. The lowest BCUT2D eigenvalue weighted by Crippen LogP contribution is -2.62. The number of hydrogen-bond acceptors (Lipinski definition) is 3. The molecule has 0 spiro atoms. The fraction of sp³-hybridized carbons (Fsp3) is 0.333. The van der Waals surface area contributed by atoms with E-state index in [-0.39, 0.29) is 11.7 Å². The summed E-state index contributed by atoms with van der Waals surface area (Å²) in [6, 6.07) is 4.60. The van der Waals surface area contributed by atoms with Crippen molar-refractivity contribution in [1.82, 2.24) is 0 Å². The highest BCUT2D eigenvalue weighted by Gasteiger charge is 2.09. The number of nitrogens with one attached hydrogen (secondary N) is 1. The van der Waals surface area contributed by atoms with Gasteiger partial charge >= 0.3 is 0 Å². The van der Waals surface area contributed by atoms with Crippen molar-refractivity contribution in [3.63, 3.8) is 0 Å². The van der Waals surface area contributed by atoms with Gasteiger partial charge in [0.15, 0.2) is 0 Å². The van der Waals surface area contributed by atoms with Gasteiger partial charge < -0.3 is 11.1 Å². The van der Waals surface area contributed by atoms with E-state index in [0.29, 0.717) is 17.3 Å². The second-order valence-electron chi connectivity index (χ2n) is 3.41. The van der Waals surface area contributed by atoms with Crippen LogP contribution in [0.2, 0.25) is 5.02 Å². The van der Waals surface area contributed by atoms with Gasteiger partial charge in [0, 0.05) is 12.1 Å². The Morgan fingerprint density at radius 3 is 2.80 bits per heavy atom. The molecule has 1 aromatic rings. The largest absolute Gasteiger partial charge is 0.378 e. The van der Waals surface area contributed by atoms with Gasteiger partial charge in [0.2, 0.25) is 0 Å². The maximum atomic E-state index is 10.4. The predicted molar refractivity (Wildman–Crippen MR) is 58.9 cm³/mol. The van der Waals surface area contributed by atoms with E-state index in [1.54, 1.807) is 6.07 Å². The van der Waals surface area contributed by atoms with Crippen LogP contribution >= 0.6 is 11.6 Å². The van der Waals surface area contributed by atoms with E-state index in [0.717, 1.165) is 0 Å². The zero-order chi connectivity index (χ0) is 11.4. The van der Waals surface area contributed by atoms with Crippen LogP contribution in [0.4, 0.5) is 11.4 Å². The lowest BCUT2D eigenvalue weighted by molar-refractivity contribution is -0.409. The molecule has 0 radical (unpaired) electrons. The minimum atomic E-state index is -0.473. The fourth-order valence-electron chi connectivity index (χ4n) is 1.05. The number of nitro benzene ring substituents is 1. The molecule has 0 fully saturated rings. The van der Waals surface area contributed by atoms with Gasteiger partial charge in [-0.1, -0.05) is 11.6 Å². The third-order valence-corrected chi connectivity index (χ3v) is 2.12. The van der Waals surface area contributed by atoms with Crippen molar-refractivity contribution in [1.29, 1.82) is 0 Å². The average molecular weight is 231 g/mol. The first-order valence-corrected chi connectivity index (χ1v) is 4.89. The Morgan fingerprint density at radius 2 is 2.33 bits per heavy atom. The molecule has 82 valence electrons. The smallest absolute Gasteiger partial charge is 0.271 e. The summed E-state index contributed by atoms with van der Waals surface area (Å²) in [6.45, 7) is 2.64. The molecule has 15 heavy (non-hydrogen) atoms. The summed E-state index contributed by atoms with van der Waals surface area (Å²) >= 11 is 5.87. The minimum Gasteiger partial charge on any atom is -0.378 e. The van der Waals surface area contributed by atoms with E-state index in [2.05, 4.69) is 11.1 Å². The highest BCUT2D eigenvalue weighted by molar-refractivity contribution is 6.33. The van der Waals surface area contributed by atoms with Crippen LogP contribution in [-0.2, 0) is 0 Å². The van der Waals surface area contributed by atoms with Gasteiger partial charge in [0.05, 0.1) is 28.2 Å². The van der Waals surface area contributed by atoms with Crippen molar-refractivity contribution in [2.45, 2.75) is 13.0 Å². The number of benzene rings is 1. The maximum absolute atomic E-state index is 10.4. The molecule has 4 N–H and O–H groups in total. The molecular weight excluding hydrogens is 218 g/mol. The molecule has 1 atom stereocenters. The van der Waals surface area contributed by atoms with Gasteiger partial charge in [0.25, 0.3) is 5.69 Å². The molecule has 5 nitrogen and oxygen atoms in total. The summed E-state index contributed by atoms with van der Waals surface area (Å²) in [4.78, 5) is 9.97. The van der Waals surface area contributed by atoms with Gasteiger partial charge in [-0.3, -0.25) is 10.1 Å². The van der Waals surface area contributed by atoms with Crippen LogP contribution in [0.25, 0.3) is 0 Å². The fourth-order valence-corrected chi connectivity index (χ4v) is 1.29. The lowest BCUT2D eigenvalue weighted by Gasteiger charge is -2.08. The van der Waals surface area contributed by atoms with E-state index in [9.17, 15) is 10.1 Å². The lowest BCUT2D eigenvalue weighted by atomic mass is 10.2. The summed E-state index contributed by atoms with van der Waals surface area (Å²) in [5.74, 6) is 0. The Kier molecular flexibility index (Phi) is 3.88. The summed E-state index contributed by atoms with van der Waals surface area (Å²) in [5.41, 5.74) is 4.50. The second-order valence-corrected chi connectivity index (χ2v) is 3.81. The number of halogens is 1. The first kappa shape index (κ1) is 11.7. The molecule has 0 aliphatic carbocycles. The number of hydrogen-bond donors (Lipinski definition) is 2. The minimum absolute atomic E-state index is 0.00628. The van der Waals surface area contributed by atoms with Crippen molar-refractivity contribution in [2.75, 3.05) is 11.9 Å². The Morgan fingerprint density at radius 1 is 1.67 bits per heavy atom. The predicted octanol–water partition coefficient (Wildman–Crippen LogP) is 1.29. The molecule has 0 saturated carbocycles. The monoisotopic (exact) mass is 230 g/mol. The number of non-ortho nitro benzene ring substituents is 1. The Bertz CT molecular complexity index is 368. The van der Waals surface area contributed by atoms with E-state index in [1.165, 1.54) is 12.1 Å². The van der Waals surface area contributed by atoms with E-state index in [1.807, 2.05) is 6.92 Å². The summed E-state index contributed by atoms with van der Waals surface area (Å²) in [7, 11) is 0. The quantitative estimate of drug-likeness (QED) is 0.604. The molecule has 0 amide bonds. The Hall–Kier alpha value is -1.33. The molecule has 0 aliphatic rings. The summed E-state index contributed by atoms with van der Waals surface area (Å²) in [5, 5.41) is 13.9. The van der Waals surface area contributed by atoms with Crippen molar-refractivity contribution in [3.8, 4) is 0 Å². The molecule has 0 aromatic heterocycles. The van der Waals surface area contributed by atoms with Crippen molar-refractivity contribution in [2.24, 2.45) is 0 Å². The van der Waals surface area contributed by atoms with Crippen LogP contribution in [0.3, 0.4) is 0 Å². The average Bonchev–Trinajstić information content (AvgIpc) is 2.15. The number of nitro groups is 1. The van der Waals surface area contributed by atoms with Crippen LogP contribution in [0, 0.1) is 10.1 Å². The SMILES string of the molecule is C[C@@H]([NH3+])CNc1ccc([N+](=O)[O-])cc1Cl. The number of quaternary nitrogens is 1. The first-order chi connectivity index (χ1) is 7.00. The topological polar surface area (TPSA) is 82.8 Å². The second kappa shape index (κ2) is 4.95. The zero-order valence-corrected chi connectivity index (χ0v) is 9.12. The van der Waals surface area contributed by atoms with E-state index >= 15 is 0 Å². The van der Waals surface area contributed by atoms with Crippen LogP contribution in [-0.4, -0.2) is 17.5 Å². The van der Waals surface area contributed by atoms with Crippen molar-refractivity contribution < 1.29 is 10.7 Å². The van der Waals surface area contributed by atoms with Gasteiger partial charge in [-0.05, 0) is 13.0 Å². The van der Waals surface area contributed by atoms with Crippen molar-refractivity contribution in [3.05, 3.63) is 33.3 Å². The standard InChI is InChI=1S/C9H12ClN3O2/c1-6(11)5-12-9-3-2-7(13(14)15)4-8(9)10/h2-4,6,12H,5,11H2,1H3/p+1/t6-/m1/s1. The van der Waals surface area contributed by atoms with Crippen LogP contribution in [0.15, 0.2) is 18.2 Å². The molecule has 1 rings (SSSR count). The highest BCUT2D eigenvalue weighted by Crippen LogP contribution is 2.26. The van der Waals surface area contributed by atoms with Crippen LogP contribution < -0.4 is 11.1 Å². The van der Waals surface area contributed by atoms with Gasteiger partial charge in [0.1, 0.15) is 0 Å². The molecule has 0 unspecified atom stereocenters. The molecule has 0 aliphatic heterocycles. The number of anilines is 1. The number of rotatable bonds is 4. The van der Waals surface area contributed by atoms with Crippen molar-refractivity contribution >= 4 is 23.0 Å². The van der Waals surface area contributed by atoms with E-state index in [4.69, 9.17) is 11.6 Å². The molecule has 0 bridgehead atoms. The number of nitrogens with zero attached hydrogens (tertiary/aromatic N) is 1. The van der Waals surface area contributed by atoms with Gasteiger partial charge in [-0.15, -0.1) is 0 Å². The third-order valence-electron chi connectivity index (χ3n) is 1.80. The Labute approximate surface area is 92.4 Å². The van der Waals surface area contributed by atoms with Crippen LogP contribution in [0.1, 0.15) is 6.92 Å². The maximum Gasteiger partial charge on any atom is 0.271 e. The van der Waals surface area contributed by atoms with Gasteiger partial charge in [-0.25, -0.2) is 0 Å². The normalized spacial score (nSPS) is 12.2. The molecular formula is C9H13ClN3O2+. The van der Waals surface area contributed by atoms with Crippen LogP contribution in [0.5, 0.6) is 0 Å². The molecule has 1 aromatic carbocycles. The molecule has 6 heteroatoms. The summed E-state index contributed by atoms with van der Waals surface area (Å²) in [6.07, 6.45) is 0. The third kappa shape index (κ3) is 3.38. The van der Waals surface area contributed by atoms with Gasteiger partial charge in [-0.2, -0.15) is 0 Å². The molecule has 0 saturated heterocycles. The summed E-state index contributed by atoms with van der Waals surface area (Å²) < 4.78 is 0. The Balaban J connectivity index is 2.79. The first-order valence-electron chi connectivity index (χ1n) is 4.51.